The van der Waals surface area contributed by atoms with Crippen molar-refractivity contribution < 1.29 is 23.8 Å². The fourth-order valence-electron chi connectivity index (χ4n) is 4.91. The molecule has 0 radical (unpaired) electrons. The lowest BCUT2D eigenvalue weighted by Gasteiger charge is -2.21. The number of nitrogens with zero attached hydrogens (tertiary/aromatic N) is 1. The average Bonchev–Trinajstić information content (AvgIpc) is 3.52. The number of aromatic amines is 1. The van der Waals surface area contributed by atoms with E-state index in [4.69, 9.17) is 14.2 Å². The molecular formula is C23H29N3O5. The van der Waals surface area contributed by atoms with Crippen LogP contribution in [0.15, 0.2) is 24.3 Å². The number of nitrogens with one attached hydrogen (secondary N) is 2. The Bertz CT molecular complexity index is 951. The third-order valence-electron chi connectivity index (χ3n) is 6.66. The van der Waals surface area contributed by atoms with E-state index in [1.165, 1.54) is 0 Å². The Morgan fingerprint density at radius 3 is 2.48 bits per heavy atom. The molecule has 166 valence electrons. The highest BCUT2D eigenvalue weighted by Gasteiger charge is 2.41. The van der Waals surface area contributed by atoms with Crippen molar-refractivity contribution in [2.45, 2.75) is 43.9 Å². The van der Waals surface area contributed by atoms with E-state index in [-0.39, 0.29) is 36.0 Å². The number of carbonyl (C=O) groups is 2. The molecule has 3 heterocycles. The van der Waals surface area contributed by atoms with Crippen LogP contribution in [0.5, 0.6) is 5.75 Å². The summed E-state index contributed by atoms with van der Waals surface area (Å²) in [4.78, 5) is 30.5. The zero-order valence-corrected chi connectivity index (χ0v) is 17.8. The van der Waals surface area contributed by atoms with E-state index in [9.17, 15) is 9.59 Å². The number of aromatic nitrogens is 1. The average molecular weight is 428 g/mol. The van der Waals surface area contributed by atoms with Gasteiger partial charge in [-0.05, 0) is 37.1 Å². The Kier molecular flexibility index (Phi) is 5.58. The molecule has 2 atom stereocenters. The summed E-state index contributed by atoms with van der Waals surface area (Å²) < 4.78 is 17.3. The molecule has 0 bridgehead atoms. The molecule has 5 rings (SSSR count). The molecule has 3 aliphatic rings. The zero-order valence-electron chi connectivity index (χ0n) is 17.8. The first-order chi connectivity index (χ1) is 15.1. The number of H-pyrrole nitrogens is 1. The molecule has 2 saturated heterocycles. The first-order valence-electron chi connectivity index (χ1n) is 11.1. The van der Waals surface area contributed by atoms with Gasteiger partial charge in [0.15, 0.2) is 0 Å². The van der Waals surface area contributed by atoms with Crippen LogP contribution in [0.25, 0.3) is 10.9 Å². The number of hydrogen-bond donors (Lipinski definition) is 2. The number of ether oxygens (including phenoxy) is 3. The van der Waals surface area contributed by atoms with Crippen molar-refractivity contribution in [1.82, 2.24) is 15.2 Å². The molecule has 2 aliphatic heterocycles. The van der Waals surface area contributed by atoms with E-state index in [1.54, 1.807) is 7.11 Å². The molecule has 2 N–H and O–H groups in total. The van der Waals surface area contributed by atoms with E-state index >= 15 is 0 Å². The summed E-state index contributed by atoms with van der Waals surface area (Å²) in [5.74, 6) is 0.970. The summed E-state index contributed by atoms with van der Waals surface area (Å²) >= 11 is 0. The van der Waals surface area contributed by atoms with Crippen LogP contribution in [0.3, 0.4) is 0 Å². The minimum atomic E-state index is -0.238. The number of hydrogen-bond acceptors (Lipinski definition) is 5. The first-order valence-corrected chi connectivity index (χ1v) is 11.1. The minimum absolute atomic E-state index is 0.132. The van der Waals surface area contributed by atoms with Crippen LogP contribution < -0.4 is 10.1 Å². The van der Waals surface area contributed by atoms with Crippen molar-refractivity contribution in [2.75, 3.05) is 33.4 Å². The molecule has 2 aromatic rings. The predicted molar refractivity (Wildman–Crippen MR) is 114 cm³/mol. The molecule has 8 heteroatoms. The van der Waals surface area contributed by atoms with Gasteiger partial charge in [-0.3, -0.25) is 9.59 Å². The second kappa shape index (κ2) is 8.51. The second-order valence-corrected chi connectivity index (χ2v) is 8.77. The molecule has 1 aromatic heterocycles. The number of rotatable bonds is 4. The van der Waals surface area contributed by atoms with Crippen molar-refractivity contribution in [3.05, 3.63) is 30.0 Å². The van der Waals surface area contributed by atoms with Gasteiger partial charge in [-0.25, -0.2) is 0 Å². The Morgan fingerprint density at radius 2 is 1.81 bits per heavy atom. The summed E-state index contributed by atoms with van der Waals surface area (Å²) in [6.07, 6.45) is 4.04. The Balaban J connectivity index is 1.17. The third-order valence-corrected chi connectivity index (χ3v) is 6.66. The SMILES string of the molecule is COc1ccc2[nH]c(C(=O)NC3CO[C@H]4CN(C(=O)C5CCCC5)C[C@@H]4OC3)cc2c1. The van der Waals surface area contributed by atoms with Crippen LogP contribution in [0.1, 0.15) is 36.2 Å². The molecule has 0 unspecified atom stereocenters. The quantitative estimate of drug-likeness (QED) is 0.780. The van der Waals surface area contributed by atoms with E-state index in [0.29, 0.717) is 32.0 Å². The molecular weight excluding hydrogens is 398 g/mol. The molecule has 3 fully saturated rings. The fraction of sp³-hybridized carbons (Fsp3) is 0.565. The molecule has 1 aliphatic carbocycles. The van der Waals surface area contributed by atoms with Crippen molar-refractivity contribution in [3.63, 3.8) is 0 Å². The summed E-state index contributed by atoms with van der Waals surface area (Å²) in [5, 5.41) is 3.92. The van der Waals surface area contributed by atoms with Gasteiger partial charge in [0.25, 0.3) is 5.91 Å². The topological polar surface area (TPSA) is 92.9 Å². The lowest BCUT2D eigenvalue weighted by atomic mass is 10.1. The van der Waals surface area contributed by atoms with E-state index in [1.807, 2.05) is 29.2 Å². The smallest absolute Gasteiger partial charge is 0.268 e. The normalized spacial score (nSPS) is 24.9. The van der Waals surface area contributed by atoms with Gasteiger partial charge >= 0.3 is 0 Å². The number of methoxy groups -OCH3 is 1. The van der Waals surface area contributed by atoms with Gasteiger partial charge in [0.05, 0.1) is 26.4 Å². The largest absolute Gasteiger partial charge is 0.497 e. The zero-order chi connectivity index (χ0) is 21.4. The van der Waals surface area contributed by atoms with Gasteiger partial charge in [-0.15, -0.1) is 0 Å². The third kappa shape index (κ3) is 4.14. The van der Waals surface area contributed by atoms with Gasteiger partial charge in [0, 0.05) is 29.9 Å². The van der Waals surface area contributed by atoms with Crippen LogP contribution in [-0.2, 0) is 14.3 Å². The highest BCUT2D eigenvalue weighted by Crippen LogP contribution is 2.29. The monoisotopic (exact) mass is 427 g/mol. The molecule has 1 saturated carbocycles. The van der Waals surface area contributed by atoms with Crippen LogP contribution in [-0.4, -0.2) is 73.4 Å². The lowest BCUT2D eigenvalue weighted by Crippen LogP contribution is -2.41. The maximum atomic E-state index is 12.7. The molecule has 2 amide bonds. The van der Waals surface area contributed by atoms with Gasteiger partial charge < -0.3 is 29.4 Å². The number of amides is 2. The number of carbonyl (C=O) groups excluding carboxylic acids is 2. The van der Waals surface area contributed by atoms with Gasteiger partial charge in [0.2, 0.25) is 5.91 Å². The summed E-state index contributed by atoms with van der Waals surface area (Å²) in [7, 11) is 1.62. The predicted octanol–water partition coefficient (Wildman–Crippen LogP) is 2.09. The highest BCUT2D eigenvalue weighted by atomic mass is 16.6. The maximum absolute atomic E-state index is 12.7. The lowest BCUT2D eigenvalue weighted by molar-refractivity contribution is -0.135. The van der Waals surface area contributed by atoms with Gasteiger partial charge in [-0.2, -0.15) is 0 Å². The summed E-state index contributed by atoms with van der Waals surface area (Å²) in [6, 6.07) is 7.21. The van der Waals surface area contributed by atoms with Crippen molar-refractivity contribution in [2.24, 2.45) is 5.92 Å². The number of benzene rings is 1. The number of fused-ring (bicyclic) bond motifs is 2. The van der Waals surface area contributed by atoms with Crippen molar-refractivity contribution >= 4 is 22.7 Å². The van der Waals surface area contributed by atoms with Crippen LogP contribution >= 0.6 is 0 Å². The van der Waals surface area contributed by atoms with Gasteiger partial charge in [-0.1, -0.05) is 12.8 Å². The Morgan fingerprint density at radius 1 is 1.10 bits per heavy atom. The molecule has 0 spiro atoms. The van der Waals surface area contributed by atoms with Crippen molar-refractivity contribution in [3.8, 4) is 5.75 Å². The standard InChI is InChI=1S/C23H29N3O5/c1-29-17-6-7-18-15(8-17)9-19(25-18)22(27)24-16-12-30-20-10-26(11-21(20)31-13-16)23(28)14-4-2-3-5-14/h6-9,14,16,20-21,25H,2-5,10-13H2,1H3,(H,24,27)/t20-,21-/m0/s1. The molecule has 31 heavy (non-hydrogen) atoms. The van der Waals surface area contributed by atoms with Crippen molar-refractivity contribution in [1.29, 1.82) is 0 Å². The molecule has 8 nitrogen and oxygen atoms in total. The minimum Gasteiger partial charge on any atom is -0.497 e. The maximum Gasteiger partial charge on any atom is 0.268 e. The summed E-state index contributed by atoms with van der Waals surface area (Å²) in [5.41, 5.74) is 1.36. The van der Waals surface area contributed by atoms with Gasteiger partial charge in [0.1, 0.15) is 23.7 Å². The Labute approximate surface area is 181 Å². The fourth-order valence-corrected chi connectivity index (χ4v) is 4.91. The van der Waals surface area contributed by atoms with Crippen LogP contribution in [0, 0.1) is 5.92 Å². The first kappa shape index (κ1) is 20.3. The van der Waals surface area contributed by atoms with E-state index in [0.717, 1.165) is 42.3 Å². The molecule has 1 aromatic carbocycles. The van der Waals surface area contributed by atoms with E-state index < -0.39 is 0 Å². The summed E-state index contributed by atoms with van der Waals surface area (Å²) in [6.45, 7) is 1.88. The van der Waals surface area contributed by atoms with E-state index in [2.05, 4.69) is 10.3 Å². The highest BCUT2D eigenvalue weighted by molar-refractivity contribution is 5.98. The number of likely N-dealkylation sites (tertiary alicyclic amines) is 1. The van der Waals surface area contributed by atoms with Crippen LogP contribution in [0.2, 0.25) is 0 Å². The van der Waals surface area contributed by atoms with Crippen LogP contribution in [0.4, 0.5) is 0 Å². The Hall–Kier alpha value is -2.58. The second-order valence-electron chi connectivity index (χ2n) is 8.77.